The molecule has 2 aromatic rings. The van der Waals surface area contributed by atoms with Gasteiger partial charge in [-0.1, -0.05) is 162 Å². The summed E-state index contributed by atoms with van der Waals surface area (Å²) in [6.07, 6.45) is 16.1. The molecule has 1 aromatic carbocycles. The molecule has 2 saturated carbocycles. The molecule has 50 heavy (non-hydrogen) atoms. The minimum atomic E-state index is 0. The first kappa shape index (κ1) is 61.4. The summed E-state index contributed by atoms with van der Waals surface area (Å²) in [7, 11) is 5.89. The van der Waals surface area contributed by atoms with Crippen molar-refractivity contribution < 1.29 is 42.0 Å². The van der Waals surface area contributed by atoms with Gasteiger partial charge in [0.05, 0.1) is 0 Å². The van der Waals surface area contributed by atoms with Crippen LogP contribution in [0.4, 0.5) is 0 Å². The van der Waals surface area contributed by atoms with Crippen molar-refractivity contribution in [2.24, 2.45) is 29.6 Å². The zero-order chi connectivity index (χ0) is 38.9. The molecule has 0 bridgehead atoms. The van der Waals surface area contributed by atoms with Gasteiger partial charge in [0.1, 0.15) is 0 Å². The molecule has 2 aliphatic carbocycles. The van der Waals surface area contributed by atoms with Crippen molar-refractivity contribution in [1.29, 1.82) is 0 Å². The van der Waals surface area contributed by atoms with Gasteiger partial charge in [-0.2, -0.15) is 4.98 Å². The number of aromatic nitrogens is 2. The van der Waals surface area contributed by atoms with Gasteiger partial charge in [-0.05, 0) is 70.5 Å². The Morgan fingerprint density at radius 2 is 1.30 bits per heavy atom. The van der Waals surface area contributed by atoms with E-state index < -0.39 is 0 Å². The first-order valence-corrected chi connectivity index (χ1v) is 19.6. The Morgan fingerprint density at radius 1 is 0.860 bits per heavy atom. The second-order valence-corrected chi connectivity index (χ2v) is 14.4. The van der Waals surface area contributed by atoms with Gasteiger partial charge >= 0.3 is 0 Å². The van der Waals surface area contributed by atoms with Gasteiger partial charge < -0.3 is 28.0 Å². The molecular formula is C44H89N3O2Y-2. The second-order valence-electron chi connectivity index (χ2n) is 14.4. The van der Waals surface area contributed by atoms with Crippen molar-refractivity contribution in [3.05, 3.63) is 62.0 Å². The zero-order valence-corrected chi connectivity index (χ0v) is 39.5. The van der Waals surface area contributed by atoms with E-state index in [0.717, 1.165) is 43.1 Å². The quantitative estimate of drug-likeness (QED) is 0.273. The fourth-order valence-electron chi connectivity index (χ4n) is 3.52. The molecule has 0 amide bonds. The van der Waals surface area contributed by atoms with E-state index >= 15 is 0 Å². The van der Waals surface area contributed by atoms with E-state index in [2.05, 4.69) is 136 Å². The van der Waals surface area contributed by atoms with Gasteiger partial charge in [0, 0.05) is 53.3 Å². The normalized spacial score (nSPS) is 15.6. The number of benzene rings is 1. The Kier molecular flexibility index (Phi) is 62.0. The summed E-state index contributed by atoms with van der Waals surface area (Å²) in [6, 6.07) is 10.3. The molecular weight excluding hydrogens is 691 g/mol. The van der Waals surface area contributed by atoms with Crippen LogP contribution in [0.15, 0.2) is 41.2 Å². The maximum Gasteiger partial charge on any atom is 0.223 e. The first-order chi connectivity index (χ1) is 23.1. The Hall–Kier alpha value is -0.616. The van der Waals surface area contributed by atoms with E-state index in [-0.39, 0.29) is 32.7 Å². The molecule has 2 fully saturated rings. The van der Waals surface area contributed by atoms with Crippen molar-refractivity contribution in [3.8, 4) is 0 Å². The zero-order valence-electron chi connectivity index (χ0n) is 36.7. The minimum absolute atomic E-state index is 0. The second kappa shape index (κ2) is 50.5. The molecule has 0 saturated heterocycles. The minimum Gasteiger partial charge on any atom is -0.385 e. The predicted molar refractivity (Wildman–Crippen MR) is 222 cm³/mol. The Labute approximate surface area is 341 Å². The Morgan fingerprint density at radius 3 is 1.38 bits per heavy atom. The van der Waals surface area contributed by atoms with E-state index in [1.165, 1.54) is 76.2 Å². The molecule has 2 aliphatic rings. The average molecular weight is 781 g/mol. The van der Waals surface area contributed by atoms with Crippen molar-refractivity contribution in [1.82, 2.24) is 15.0 Å². The maximum absolute atomic E-state index is 4.69. The van der Waals surface area contributed by atoms with Crippen molar-refractivity contribution in [3.63, 3.8) is 0 Å². The molecule has 1 heterocycles. The monoisotopic (exact) mass is 781 g/mol. The van der Waals surface area contributed by atoms with Crippen LogP contribution in [0, 0.1) is 57.3 Å². The van der Waals surface area contributed by atoms with Crippen LogP contribution in [0.1, 0.15) is 158 Å². The molecule has 6 heteroatoms. The molecule has 297 valence electrons. The third-order valence-electron chi connectivity index (χ3n) is 7.15. The summed E-state index contributed by atoms with van der Waals surface area (Å²) in [4.78, 5) is 5.82. The number of nitrogens with zero attached hydrogens (tertiary/aromatic N) is 3. The summed E-state index contributed by atoms with van der Waals surface area (Å²) < 4.78 is 9.16. The SMILES string of the molecule is CC1CCC(C)C1.CC1CCC1.CCC.CCC(C)C.CCCN(C)C.CCCOC.Cc1ccccc1.Cc1ncno1.[CH2-]CC([CH2-])C.[Y]. The van der Waals surface area contributed by atoms with E-state index in [0.29, 0.717) is 11.8 Å². The summed E-state index contributed by atoms with van der Waals surface area (Å²) >= 11 is 0. The summed E-state index contributed by atoms with van der Waals surface area (Å²) in [5, 5.41) is 3.34. The fourth-order valence-corrected chi connectivity index (χ4v) is 3.52. The molecule has 3 unspecified atom stereocenters. The third kappa shape index (κ3) is 69.2. The largest absolute Gasteiger partial charge is 0.385 e. The van der Waals surface area contributed by atoms with E-state index in [9.17, 15) is 0 Å². The fraction of sp³-hybridized carbons (Fsp3) is 0.773. The Bertz CT molecular complexity index is 758. The predicted octanol–water partition coefficient (Wildman–Crippen LogP) is 13.8. The molecule has 4 rings (SSSR count). The van der Waals surface area contributed by atoms with Crippen molar-refractivity contribution >= 4 is 0 Å². The van der Waals surface area contributed by atoms with Crippen LogP contribution >= 0.6 is 0 Å². The van der Waals surface area contributed by atoms with Gasteiger partial charge in [-0.15, -0.1) is 0 Å². The number of aryl methyl sites for hydroxylation is 2. The van der Waals surface area contributed by atoms with E-state index in [4.69, 9.17) is 4.74 Å². The topological polar surface area (TPSA) is 51.4 Å². The number of ether oxygens (including phenoxy) is 1. The van der Waals surface area contributed by atoms with Crippen LogP contribution in [-0.2, 0) is 37.4 Å². The van der Waals surface area contributed by atoms with Crippen LogP contribution in [0.5, 0.6) is 0 Å². The van der Waals surface area contributed by atoms with Gasteiger partial charge in [0.2, 0.25) is 5.89 Å². The van der Waals surface area contributed by atoms with Gasteiger partial charge in [0.15, 0.2) is 6.33 Å². The molecule has 5 nitrogen and oxygen atoms in total. The molecule has 0 aliphatic heterocycles. The summed E-state index contributed by atoms with van der Waals surface area (Å²) in [6.45, 7) is 37.5. The number of hydrogen-bond acceptors (Lipinski definition) is 5. The molecule has 0 N–H and O–H groups in total. The first-order valence-electron chi connectivity index (χ1n) is 19.6. The summed E-state index contributed by atoms with van der Waals surface area (Å²) in [5.41, 5.74) is 1.32. The van der Waals surface area contributed by atoms with Crippen LogP contribution in [0.3, 0.4) is 0 Å². The van der Waals surface area contributed by atoms with Gasteiger partial charge in [-0.3, -0.25) is 0 Å². The van der Waals surface area contributed by atoms with Gasteiger partial charge in [0.25, 0.3) is 0 Å². The smallest absolute Gasteiger partial charge is 0.223 e. The standard InChI is InChI=1S/C7H14.C7H8.C5H13N.C5H10.C5H12.C5H10.C4H10O.C3H4N2O.C3H8.Y/c1-6-3-4-7(2)5-6;1-7-5-3-2-4-6-7;1-4-5-6(2)3;1-5-3-2-4-5;2*1-4-5(2)3;1-3-4-5-2;1-3-4-2-5-6-3;1-3-2;/h6-7H,3-5H2,1-2H3;2-6H,1H3;4-5H2,1-3H3;5H,2-4H2,1H3;5H,4H2,1-3H3;5H,1-2,4H2,3H3;3-4H2,1-2H3;2H,1H3;3H2,1-2H3;/q;;;;;-2;;;;. The molecule has 1 radical (unpaired) electrons. The van der Waals surface area contributed by atoms with Crippen LogP contribution in [0.2, 0.25) is 0 Å². The Balaban J connectivity index is -0.000000110. The van der Waals surface area contributed by atoms with Crippen molar-refractivity contribution in [2.45, 2.75) is 161 Å². The molecule has 1 aromatic heterocycles. The molecule has 0 spiro atoms. The van der Waals surface area contributed by atoms with Crippen LogP contribution in [0.25, 0.3) is 0 Å². The van der Waals surface area contributed by atoms with Crippen molar-refractivity contribution in [2.75, 3.05) is 34.4 Å². The number of methoxy groups -OCH3 is 1. The van der Waals surface area contributed by atoms with Gasteiger partial charge in [-0.25, -0.2) is 12.3 Å². The summed E-state index contributed by atoms with van der Waals surface area (Å²) in [5.74, 6) is 5.12. The van der Waals surface area contributed by atoms with E-state index in [1.54, 1.807) is 14.0 Å². The average Bonchev–Trinajstić information content (AvgIpc) is 3.68. The maximum atomic E-state index is 4.69. The van der Waals surface area contributed by atoms with Crippen LogP contribution < -0.4 is 0 Å². The third-order valence-corrected chi connectivity index (χ3v) is 7.15. The number of rotatable bonds is 6. The molecule has 3 atom stereocenters. The van der Waals surface area contributed by atoms with Crippen LogP contribution in [-0.4, -0.2) is 49.4 Å². The number of hydrogen-bond donors (Lipinski definition) is 0. The van der Waals surface area contributed by atoms with E-state index in [1.807, 2.05) is 25.1 Å².